The van der Waals surface area contributed by atoms with Gasteiger partial charge in [0.2, 0.25) is 0 Å². The van der Waals surface area contributed by atoms with E-state index in [1.54, 1.807) is 0 Å². The normalized spacial score (nSPS) is 15.1. The van der Waals surface area contributed by atoms with Gasteiger partial charge in [-0.15, -0.1) is 0 Å². The number of ketones is 1. The Hall–Kier alpha value is -2.62. The summed E-state index contributed by atoms with van der Waals surface area (Å²) < 4.78 is 5.33. The van der Waals surface area contributed by atoms with Crippen LogP contribution in [-0.2, 0) is 30.6 Å². The first-order valence-electron chi connectivity index (χ1n) is 8.41. The molecule has 0 aromatic heterocycles. The zero-order valence-electron chi connectivity index (χ0n) is 13.4. The molecule has 2 aliphatic rings. The molecule has 2 aromatic rings. The number of aryl methyl sites for hydroxylation is 2. The first kappa shape index (κ1) is 14.9. The van der Waals surface area contributed by atoms with Crippen molar-refractivity contribution in [2.24, 2.45) is 0 Å². The number of amides is 1. The molecule has 4 rings (SSSR count). The van der Waals surface area contributed by atoms with Crippen molar-refractivity contribution in [3.8, 4) is 0 Å². The molecule has 0 atom stereocenters. The second kappa shape index (κ2) is 6.11. The second-order valence-corrected chi connectivity index (χ2v) is 6.39. The van der Waals surface area contributed by atoms with Crippen LogP contribution in [0.15, 0.2) is 36.4 Å². The molecule has 4 nitrogen and oxygen atoms in total. The summed E-state index contributed by atoms with van der Waals surface area (Å²) in [6, 6.07) is 11.7. The highest BCUT2D eigenvalue weighted by Crippen LogP contribution is 2.38. The van der Waals surface area contributed by atoms with Crippen molar-refractivity contribution in [2.75, 3.05) is 5.32 Å². The van der Waals surface area contributed by atoms with Crippen molar-refractivity contribution in [2.45, 2.75) is 38.7 Å². The molecule has 24 heavy (non-hydrogen) atoms. The van der Waals surface area contributed by atoms with E-state index in [0.29, 0.717) is 17.7 Å². The minimum atomic E-state index is -0.499. The van der Waals surface area contributed by atoms with Crippen molar-refractivity contribution in [1.82, 2.24) is 0 Å². The first-order chi connectivity index (χ1) is 11.7. The van der Waals surface area contributed by atoms with Crippen molar-refractivity contribution in [3.63, 3.8) is 0 Å². The van der Waals surface area contributed by atoms with E-state index in [1.165, 1.54) is 5.56 Å². The van der Waals surface area contributed by atoms with Gasteiger partial charge >= 0.3 is 6.09 Å². The van der Waals surface area contributed by atoms with Gasteiger partial charge in [-0.1, -0.05) is 36.4 Å². The fourth-order valence-electron chi connectivity index (χ4n) is 3.69. The fourth-order valence-corrected chi connectivity index (χ4v) is 3.69. The number of Topliss-reactive ketones (excluding diaryl/α,β-unsaturated/α-hetero) is 1. The van der Waals surface area contributed by atoms with Crippen molar-refractivity contribution in [1.29, 1.82) is 0 Å². The molecule has 0 spiro atoms. The Bertz CT molecular complexity index is 811. The first-order valence-corrected chi connectivity index (χ1v) is 8.41. The fraction of sp³-hybridized carbons (Fsp3) is 0.300. The van der Waals surface area contributed by atoms with Crippen LogP contribution in [0.4, 0.5) is 10.5 Å². The topological polar surface area (TPSA) is 55.4 Å². The van der Waals surface area contributed by atoms with Crippen LogP contribution in [0.2, 0.25) is 0 Å². The number of anilines is 1. The van der Waals surface area contributed by atoms with Crippen molar-refractivity contribution >= 4 is 17.6 Å². The van der Waals surface area contributed by atoms with Crippen LogP contribution >= 0.6 is 0 Å². The van der Waals surface area contributed by atoms with E-state index in [0.717, 1.165) is 42.4 Å². The third-order valence-corrected chi connectivity index (χ3v) is 4.82. The monoisotopic (exact) mass is 321 g/mol. The maximum Gasteiger partial charge on any atom is 0.411 e. The van der Waals surface area contributed by atoms with Gasteiger partial charge in [-0.2, -0.15) is 0 Å². The van der Waals surface area contributed by atoms with Crippen molar-refractivity contribution in [3.05, 3.63) is 64.2 Å². The SMILES string of the molecule is O=C(Nc1c2c(cc3c1C(=O)CC3)CCC2)OCc1ccccc1. The lowest BCUT2D eigenvalue weighted by Crippen LogP contribution is -2.17. The highest BCUT2D eigenvalue weighted by Gasteiger charge is 2.29. The lowest BCUT2D eigenvalue weighted by Gasteiger charge is -2.15. The van der Waals surface area contributed by atoms with Gasteiger partial charge in [-0.25, -0.2) is 4.79 Å². The van der Waals surface area contributed by atoms with Gasteiger partial charge < -0.3 is 4.74 Å². The van der Waals surface area contributed by atoms with Crippen LogP contribution < -0.4 is 5.32 Å². The Kier molecular flexibility index (Phi) is 3.81. The maximum atomic E-state index is 12.3. The third kappa shape index (κ3) is 2.68. The molecule has 2 aliphatic carbocycles. The lowest BCUT2D eigenvalue weighted by atomic mass is 9.98. The summed E-state index contributed by atoms with van der Waals surface area (Å²) in [5.41, 5.74) is 5.78. The maximum absolute atomic E-state index is 12.3. The number of benzene rings is 2. The average Bonchev–Trinajstić information content (AvgIpc) is 3.21. The minimum Gasteiger partial charge on any atom is -0.444 e. The number of carbonyl (C=O) groups excluding carboxylic acids is 2. The van der Waals surface area contributed by atoms with E-state index in [2.05, 4.69) is 11.4 Å². The zero-order valence-corrected chi connectivity index (χ0v) is 13.4. The summed E-state index contributed by atoms with van der Waals surface area (Å²) in [4.78, 5) is 24.5. The molecule has 0 bridgehead atoms. The van der Waals surface area contributed by atoms with E-state index < -0.39 is 6.09 Å². The zero-order chi connectivity index (χ0) is 16.5. The van der Waals surface area contributed by atoms with Gasteiger partial charge in [0, 0.05) is 12.0 Å². The van der Waals surface area contributed by atoms with E-state index >= 15 is 0 Å². The molecule has 0 fully saturated rings. The highest BCUT2D eigenvalue weighted by atomic mass is 16.5. The summed E-state index contributed by atoms with van der Waals surface area (Å²) >= 11 is 0. The van der Waals surface area contributed by atoms with Crippen LogP contribution in [0, 0.1) is 0 Å². The molecule has 0 saturated heterocycles. The van der Waals surface area contributed by atoms with Gasteiger partial charge in [0.05, 0.1) is 5.69 Å². The number of rotatable bonds is 3. The largest absolute Gasteiger partial charge is 0.444 e. The van der Waals surface area contributed by atoms with Gasteiger partial charge in [0.25, 0.3) is 0 Å². The van der Waals surface area contributed by atoms with Gasteiger partial charge in [-0.05, 0) is 47.9 Å². The predicted octanol–water partition coefficient (Wildman–Crippen LogP) is 4.05. The Morgan fingerprint density at radius 3 is 2.71 bits per heavy atom. The molecule has 122 valence electrons. The number of nitrogens with one attached hydrogen (secondary N) is 1. The van der Waals surface area contributed by atoms with Crippen LogP contribution in [-0.4, -0.2) is 11.9 Å². The minimum absolute atomic E-state index is 0.123. The summed E-state index contributed by atoms with van der Waals surface area (Å²) in [5, 5.41) is 2.86. The van der Waals surface area contributed by atoms with Crippen LogP contribution in [0.25, 0.3) is 0 Å². The van der Waals surface area contributed by atoms with E-state index in [4.69, 9.17) is 4.74 Å². The lowest BCUT2D eigenvalue weighted by molar-refractivity contribution is 0.0995. The summed E-state index contributed by atoms with van der Waals surface area (Å²) in [7, 11) is 0. The number of hydrogen-bond acceptors (Lipinski definition) is 3. The van der Waals surface area contributed by atoms with Crippen molar-refractivity contribution < 1.29 is 14.3 Å². The molecule has 1 amide bonds. The van der Waals surface area contributed by atoms with E-state index in [9.17, 15) is 9.59 Å². The highest BCUT2D eigenvalue weighted by molar-refractivity contribution is 6.08. The predicted molar refractivity (Wildman–Crippen MR) is 91.4 cm³/mol. The van der Waals surface area contributed by atoms with Crippen LogP contribution in [0.1, 0.15) is 45.5 Å². The molecule has 0 heterocycles. The van der Waals surface area contributed by atoms with Gasteiger partial charge in [0.1, 0.15) is 6.61 Å². The molecule has 0 unspecified atom stereocenters. The Morgan fingerprint density at radius 2 is 1.88 bits per heavy atom. The van der Waals surface area contributed by atoms with Gasteiger partial charge in [-0.3, -0.25) is 10.1 Å². The number of fused-ring (bicyclic) bond motifs is 2. The standard InChI is InChI=1S/C20H19NO3/c22-17-10-9-15-11-14-7-4-8-16(14)19(18(15)17)21-20(23)24-12-13-5-2-1-3-6-13/h1-3,5-6,11H,4,7-10,12H2,(H,21,23). The molecule has 0 aliphatic heterocycles. The Labute approximate surface area is 140 Å². The Balaban J connectivity index is 1.56. The quantitative estimate of drug-likeness (QED) is 0.928. The smallest absolute Gasteiger partial charge is 0.411 e. The molecule has 4 heteroatoms. The summed E-state index contributed by atoms with van der Waals surface area (Å²) in [5.74, 6) is 0.123. The summed E-state index contributed by atoms with van der Waals surface area (Å²) in [6.45, 7) is 0.220. The molecule has 2 aromatic carbocycles. The van der Waals surface area contributed by atoms with E-state index in [1.807, 2.05) is 30.3 Å². The number of ether oxygens (including phenoxy) is 1. The third-order valence-electron chi connectivity index (χ3n) is 4.82. The second-order valence-electron chi connectivity index (χ2n) is 6.39. The van der Waals surface area contributed by atoms with Gasteiger partial charge in [0.15, 0.2) is 5.78 Å². The molecule has 0 saturated carbocycles. The molecular formula is C20H19NO3. The molecular weight excluding hydrogens is 302 g/mol. The molecule has 0 radical (unpaired) electrons. The Morgan fingerprint density at radius 1 is 1.04 bits per heavy atom. The van der Waals surface area contributed by atoms with Crippen LogP contribution in [0.5, 0.6) is 0 Å². The summed E-state index contributed by atoms with van der Waals surface area (Å²) in [6.07, 6.45) is 3.80. The molecule has 1 N–H and O–H groups in total. The van der Waals surface area contributed by atoms with E-state index in [-0.39, 0.29) is 12.4 Å². The number of hydrogen-bond donors (Lipinski definition) is 1. The van der Waals surface area contributed by atoms with Crippen LogP contribution in [0.3, 0.4) is 0 Å². The average molecular weight is 321 g/mol. The number of carbonyl (C=O) groups is 2.